The lowest BCUT2D eigenvalue weighted by molar-refractivity contribution is -0.511. The Morgan fingerprint density at radius 2 is 2.10 bits per heavy atom. The summed E-state index contributed by atoms with van der Waals surface area (Å²) in [5, 5.41) is 18.0. The predicted molar refractivity (Wildman–Crippen MR) is 152 cm³/mol. The predicted octanol–water partition coefficient (Wildman–Crippen LogP) is 1.20. The molecule has 0 bridgehead atoms. The minimum atomic E-state index is -3.81. The highest BCUT2D eigenvalue weighted by atomic mass is 32.2. The number of sulfone groups is 1. The molecule has 1 saturated heterocycles. The number of hydrazine groups is 2. The molecule has 3 heterocycles. The zero-order valence-electron chi connectivity index (χ0n) is 22.6. The Kier molecular flexibility index (Phi) is 7.69. The van der Waals surface area contributed by atoms with Gasteiger partial charge in [-0.05, 0) is 31.9 Å². The summed E-state index contributed by atoms with van der Waals surface area (Å²) in [4.78, 5) is 40.0. The number of fused-ring (bicyclic) bond motifs is 1. The van der Waals surface area contributed by atoms with E-state index in [1.54, 1.807) is 55.4 Å². The summed E-state index contributed by atoms with van der Waals surface area (Å²) in [6, 6.07) is -1.07. The fraction of sp³-hybridized carbons (Fsp3) is 0.333. The maximum Gasteiger partial charge on any atom is 0.256 e. The molecule has 5 N–H and O–H groups in total. The smallest absolute Gasteiger partial charge is 0.256 e. The number of amides is 2. The second kappa shape index (κ2) is 11.2. The van der Waals surface area contributed by atoms with Gasteiger partial charge in [0.25, 0.3) is 11.8 Å². The summed E-state index contributed by atoms with van der Waals surface area (Å²) in [7, 11) is -3.81. The lowest BCUT2D eigenvalue weighted by Crippen LogP contribution is -2.40. The van der Waals surface area contributed by atoms with Gasteiger partial charge in [0.15, 0.2) is 9.84 Å². The molecule has 5 rings (SSSR count). The minimum absolute atomic E-state index is 0.144. The van der Waals surface area contributed by atoms with E-state index in [0.717, 1.165) is 0 Å². The first-order valence-corrected chi connectivity index (χ1v) is 14.8. The SMILES string of the molecule is Cc1[nH]c(C=C2C(=O)NC3=CCC(S(=O)(=O)CC4=CC=CCC4[N+](=O)[O-])C=C32)c(C)c1C(=O)NCCN1C=CNN1. The van der Waals surface area contributed by atoms with E-state index in [9.17, 15) is 28.1 Å². The van der Waals surface area contributed by atoms with Crippen molar-refractivity contribution in [2.24, 2.45) is 0 Å². The van der Waals surface area contributed by atoms with E-state index in [1.165, 1.54) is 6.08 Å². The number of H-pyrrole nitrogens is 1. The average Bonchev–Trinajstić information content (AvgIpc) is 3.62. The molecule has 2 amide bonds. The van der Waals surface area contributed by atoms with Gasteiger partial charge in [0.2, 0.25) is 6.04 Å². The van der Waals surface area contributed by atoms with Gasteiger partial charge >= 0.3 is 0 Å². The summed E-state index contributed by atoms with van der Waals surface area (Å²) in [6.45, 7) is 4.49. The van der Waals surface area contributed by atoms with Crippen molar-refractivity contribution in [1.29, 1.82) is 0 Å². The summed E-state index contributed by atoms with van der Waals surface area (Å²) >= 11 is 0. The van der Waals surface area contributed by atoms with Crippen LogP contribution < -0.4 is 21.6 Å². The molecule has 0 spiro atoms. The molecule has 0 aromatic carbocycles. The molecule has 1 aromatic heterocycles. The number of nitro groups is 1. The number of nitrogens with one attached hydrogen (secondary N) is 5. The van der Waals surface area contributed by atoms with E-state index in [2.05, 4.69) is 26.6 Å². The number of hydrogen-bond acceptors (Lipinski definition) is 9. The van der Waals surface area contributed by atoms with Crippen LogP contribution in [0.4, 0.5) is 0 Å². The molecular formula is C27H31N7O6S. The normalized spacial score (nSPS) is 22.6. The van der Waals surface area contributed by atoms with Crippen LogP contribution in [0.2, 0.25) is 0 Å². The second-order valence-corrected chi connectivity index (χ2v) is 12.4. The third-order valence-electron chi connectivity index (χ3n) is 7.47. The molecule has 216 valence electrons. The van der Waals surface area contributed by atoms with Gasteiger partial charge in [0, 0.05) is 58.5 Å². The fourth-order valence-corrected chi connectivity index (χ4v) is 7.01. The second-order valence-electron chi connectivity index (χ2n) is 10.2. The monoisotopic (exact) mass is 581 g/mol. The van der Waals surface area contributed by atoms with E-state index in [1.807, 2.05) is 6.20 Å². The van der Waals surface area contributed by atoms with E-state index < -0.39 is 31.8 Å². The van der Waals surface area contributed by atoms with Crippen LogP contribution in [0.25, 0.3) is 6.08 Å². The number of hydrogen-bond donors (Lipinski definition) is 5. The van der Waals surface area contributed by atoms with Crippen molar-refractivity contribution < 1.29 is 22.9 Å². The van der Waals surface area contributed by atoms with Gasteiger partial charge in [-0.15, -0.1) is 5.53 Å². The van der Waals surface area contributed by atoms with Gasteiger partial charge in [-0.1, -0.05) is 30.4 Å². The Morgan fingerprint density at radius 1 is 1.29 bits per heavy atom. The maximum absolute atomic E-state index is 13.4. The Bertz CT molecular complexity index is 1590. The molecule has 2 aliphatic carbocycles. The quantitative estimate of drug-likeness (QED) is 0.163. The summed E-state index contributed by atoms with van der Waals surface area (Å²) in [5.74, 6) is -1.07. The molecule has 0 radical (unpaired) electrons. The standard InChI is InChI=1S/C27H31N7O6S/c1-16-23(30-17(2)25(16)27(36)28-9-11-33-12-10-29-32-33)14-21-20-13-19(7-8-22(20)31-26(21)35)41(39,40)15-18-5-3-4-6-24(18)34(37)38/h3-5,8,10,12-14,19,24,29-30,32H,6-7,9,11,15H2,1-2H3,(H,28,36)(H,31,35). The van der Waals surface area contributed by atoms with E-state index >= 15 is 0 Å². The molecule has 2 unspecified atom stereocenters. The molecule has 14 heteroatoms. The van der Waals surface area contributed by atoms with Crippen molar-refractivity contribution in [1.82, 2.24) is 31.6 Å². The van der Waals surface area contributed by atoms with Crippen LogP contribution >= 0.6 is 0 Å². The highest BCUT2D eigenvalue weighted by molar-refractivity contribution is 7.92. The van der Waals surface area contributed by atoms with E-state index in [0.29, 0.717) is 46.9 Å². The highest BCUT2D eigenvalue weighted by Gasteiger charge is 2.37. The van der Waals surface area contributed by atoms with Crippen molar-refractivity contribution in [3.05, 3.63) is 97.8 Å². The van der Waals surface area contributed by atoms with Crippen LogP contribution in [0.1, 0.15) is 40.2 Å². The van der Waals surface area contributed by atoms with Crippen LogP contribution in [0.15, 0.2) is 65.2 Å². The third kappa shape index (κ3) is 5.74. The van der Waals surface area contributed by atoms with Crippen molar-refractivity contribution >= 4 is 27.7 Å². The van der Waals surface area contributed by atoms with E-state index in [-0.39, 0.29) is 35.8 Å². The number of aromatic amines is 1. The van der Waals surface area contributed by atoms with Crippen molar-refractivity contribution in [2.75, 3.05) is 18.8 Å². The van der Waals surface area contributed by atoms with Gasteiger partial charge in [-0.2, -0.15) is 0 Å². The van der Waals surface area contributed by atoms with Crippen LogP contribution in [0.5, 0.6) is 0 Å². The molecule has 1 aromatic rings. The van der Waals surface area contributed by atoms with Crippen molar-refractivity contribution in [2.45, 2.75) is 38.0 Å². The Labute approximate surface area is 236 Å². The van der Waals surface area contributed by atoms with E-state index in [4.69, 9.17) is 0 Å². The third-order valence-corrected chi connectivity index (χ3v) is 9.46. The molecule has 2 aliphatic heterocycles. The molecule has 1 fully saturated rings. The number of carbonyl (C=O) groups is 2. The van der Waals surface area contributed by atoms with Crippen molar-refractivity contribution in [3.8, 4) is 0 Å². The van der Waals surface area contributed by atoms with Crippen LogP contribution in [0.3, 0.4) is 0 Å². The zero-order chi connectivity index (χ0) is 29.3. The first-order chi connectivity index (χ1) is 19.5. The van der Waals surface area contributed by atoms with Crippen molar-refractivity contribution in [3.63, 3.8) is 0 Å². The lowest BCUT2D eigenvalue weighted by Gasteiger charge is -2.20. The average molecular weight is 582 g/mol. The lowest BCUT2D eigenvalue weighted by atomic mass is 9.98. The molecule has 13 nitrogen and oxygen atoms in total. The number of aromatic nitrogens is 1. The number of allylic oxidation sites excluding steroid dienone is 4. The largest absolute Gasteiger partial charge is 0.358 e. The molecular weight excluding hydrogens is 550 g/mol. The Balaban J connectivity index is 1.36. The number of carbonyl (C=O) groups excluding carboxylic acids is 2. The van der Waals surface area contributed by atoms with Gasteiger partial charge in [-0.3, -0.25) is 24.7 Å². The first kappa shape index (κ1) is 28.1. The first-order valence-electron chi connectivity index (χ1n) is 13.1. The van der Waals surface area contributed by atoms with Crippen LogP contribution in [0, 0.1) is 24.0 Å². The Hall–Kier alpha value is -4.43. The highest BCUT2D eigenvalue weighted by Crippen LogP contribution is 2.34. The number of aryl methyl sites for hydroxylation is 1. The summed E-state index contributed by atoms with van der Waals surface area (Å²) in [6.07, 6.45) is 13.5. The number of rotatable bonds is 9. The molecule has 0 saturated carbocycles. The summed E-state index contributed by atoms with van der Waals surface area (Å²) in [5.41, 5.74) is 9.54. The van der Waals surface area contributed by atoms with Crippen LogP contribution in [-0.2, 0) is 14.6 Å². The van der Waals surface area contributed by atoms with Gasteiger partial charge < -0.3 is 21.0 Å². The number of nitrogens with zero attached hydrogens (tertiary/aromatic N) is 2. The minimum Gasteiger partial charge on any atom is -0.358 e. The molecule has 4 aliphatic rings. The zero-order valence-corrected chi connectivity index (χ0v) is 23.4. The summed E-state index contributed by atoms with van der Waals surface area (Å²) < 4.78 is 26.7. The molecule has 2 atom stereocenters. The Morgan fingerprint density at radius 3 is 2.83 bits per heavy atom. The van der Waals surface area contributed by atoms with Gasteiger partial charge in [0.1, 0.15) is 0 Å². The van der Waals surface area contributed by atoms with Crippen LogP contribution in [-0.4, -0.2) is 65.3 Å². The van der Waals surface area contributed by atoms with Gasteiger partial charge in [0.05, 0.1) is 28.7 Å². The van der Waals surface area contributed by atoms with Gasteiger partial charge in [-0.25, -0.2) is 8.42 Å². The molecule has 41 heavy (non-hydrogen) atoms. The topological polar surface area (TPSA) is 179 Å². The fourth-order valence-electron chi connectivity index (χ4n) is 5.31. The maximum atomic E-state index is 13.4.